The summed E-state index contributed by atoms with van der Waals surface area (Å²) in [5, 5.41) is 0. The maximum Gasteiger partial charge on any atom is 0.123 e. The van der Waals surface area contributed by atoms with Crippen molar-refractivity contribution >= 4 is 0 Å². The van der Waals surface area contributed by atoms with Gasteiger partial charge in [0.1, 0.15) is 11.6 Å². The third-order valence-electron chi connectivity index (χ3n) is 3.21. The van der Waals surface area contributed by atoms with Gasteiger partial charge in [-0.15, -0.1) is 0 Å². The molecule has 0 saturated heterocycles. The fourth-order valence-corrected chi connectivity index (χ4v) is 1.85. The molecule has 2 N–H and O–H groups in total. The first-order chi connectivity index (χ1) is 7.24. The molecule has 0 heterocycles. The van der Waals surface area contributed by atoms with Gasteiger partial charge in [0.05, 0.1) is 6.61 Å². The lowest BCUT2D eigenvalue weighted by Gasteiger charge is -2.40. The lowest BCUT2D eigenvalue weighted by Crippen LogP contribution is -2.42. The zero-order valence-corrected chi connectivity index (χ0v) is 8.71. The van der Waals surface area contributed by atoms with Gasteiger partial charge in [-0.1, -0.05) is 6.42 Å². The summed E-state index contributed by atoms with van der Waals surface area (Å²) in [5.74, 6) is 0.482. The van der Waals surface area contributed by atoms with Crippen molar-refractivity contribution in [2.45, 2.75) is 19.3 Å². The number of ether oxygens (including phenoxy) is 1. The smallest absolute Gasteiger partial charge is 0.123 e. The number of hydrogen-bond acceptors (Lipinski definition) is 2. The molecule has 0 unspecified atom stereocenters. The molecule has 0 aliphatic heterocycles. The molecule has 3 heteroatoms. The molecular weight excluding hydrogens is 193 g/mol. The minimum atomic E-state index is -0.237. The van der Waals surface area contributed by atoms with E-state index in [1.807, 2.05) is 0 Å². The van der Waals surface area contributed by atoms with Crippen LogP contribution in [-0.2, 0) is 0 Å². The Kier molecular flexibility index (Phi) is 2.91. The Morgan fingerprint density at radius 1 is 1.27 bits per heavy atom. The lowest BCUT2D eigenvalue weighted by molar-refractivity contribution is 0.0667. The van der Waals surface area contributed by atoms with E-state index in [-0.39, 0.29) is 11.2 Å². The van der Waals surface area contributed by atoms with Crippen LogP contribution in [0.25, 0.3) is 0 Å². The van der Waals surface area contributed by atoms with Crippen molar-refractivity contribution in [2.24, 2.45) is 11.1 Å². The van der Waals surface area contributed by atoms with Gasteiger partial charge in [-0.3, -0.25) is 0 Å². The van der Waals surface area contributed by atoms with E-state index in [1.54, 1.807) is 12.1 Å². The van der Waals surface area contributed by atoms with Crippen LogP contribution in [0.15, 0.2) is 24.3 Å². The van der Waals surface area contributed by atoms with Gasteiger partial charge < -0.3 is 10.5 Å². The van der Waals surface area contributed by atoms with E-state index in [0.29, 0.717) is 13.2 Å². The van der Waals surface area contributed by atoms with Crippen molar-refractivity contribution in [1.82, 2.24) is 0 Å². The highest BCUT2D eigenvalue weighted by Gasteiger charge is 2.36. The zero-order valence-electron chi connectivity index (χ0n) is 8.71. The Balaban J connectivity index is 1.90. The van der Waals surface area contributed by atoms with E-state index < -0.39 is 0 Å². The molecule has 1 aromatic carbocycles. The molecule has 0 amide bonds. The summed E-state index contributed by atoms with van der Waals surface area (Å²) >= 11 is 0. The Morgan fingerprint density at radius 3 is 2.40 bits per heavy atom. The molecule has 82 valence electrons. The highest BCUT2D eigenvalue weighted by atomic mass is 19.1. The van der Waals surface area contributed by atoms with E-state index in [4.69, 9.17) is 10.5 Å². The molecule has 0 radical (unpaired) electrons. The molecule has 0 atom stereocenters. The number of halogens is 1. The van der Waals surface area contributed by atoms with Gasteiger partial charge in [0.15, 0.2) is 0 Å². The van der Waals surface area contributed by atoms with Crippen LogP contribution in [0.5, 0.6) is 5.75 Å². The number of benzene rings is 1. The van der Waals surface area contributed by atoms with Gasteiger partial charge in [-0.25, -0.2) is 4.39 Å². The van der Waals surface area contributed by atoms with E-state index in [9.17, 15) is 4.39 Å². The molecule has 1 aromatic rings. The third kappa shape index (κ3) is 2.29. The van der Waals surface area contributed by atoms with E-state index in [1.165, 1.54) is 18.6 Å². The third-order valence-corrected chi connectivity index (χ3v) is 3.21. The van der Waals surface area contributed by atoms with Gasteiger partial charge in [0.2, 0.25) is 0 Å². The van der Waals surface area contributed by atoms with Gasteiger partial charge in [0.25, 0.3) is 0 Å². The highest BCUT2D eigenvalue weighted by Crippen LogP contribution is 2.40. The van der Waals surface area contributed by atoms with Crippen LogP contribution in [0.1, 0.15) is 19.3 Å². The van der Waals surface area contributed by atoms with Crippen LogP contribution in [0, 0.1) is 11.2 Å². The summed E-state index contributed by atoms with van der Waals surface area (Å²) in [5.41, 5.74) is 5.89. The molecule has 0 spiro atoms. The Bertz CT molecular complexity index is 313. The first-order valence-corrected chi connectivity index (χ1v) is 5.33. The Hall–Kier alpha value is -1.09. The predicted octanol–water partition coefficient (Wildman–Crippen LogP) is 2.33. The Labute approximate surface area is 89.2 Å². The number of rotatable bonds is 4. The second-order valence-corrected chi connectivity index (χ2v) is 4.30. The molecule has 15 heavy (non-hydrogen) atoms. The first kappa shape index (κ1) is 10.4. The van der Waals surface area contributed by atoms with Crippen LogP contribution < -0.4 is 10.5 Å². The molecule has 1 saturated carbocycles. The van der Waals surface area contributed by atoms with Gasteiger partial charge in [0, 0.05) is 12.0 Å². The van der Waals surface area contributed by atoms with Crippen LogP contribution in [-0.4, -0.2) is 13.2 Å². The topological polar surface area (TPSA) is 35.2 Å². The Morgan fingerprint density at radius 2 is 1.93 bits per heavy atom. The van der Waals surface area contributed by atoms with E-state index >= 15 is 0 Å². The molecule has 1 aliphatic rings. The monoisotopic (exact) mass is 209 g/mol. The van der Waals surface area contributed by atoms with E-state index in [2.05, 4.69) is 0 Å². The zero-order chi connectivity index (χ0) is 10.7. The minimum Gasteiger partial charge on any atom is -0.493 e. The van der Waals surface area contributed by atoms with Crippen molar-refractivity contribution in [3.8, 4) is 5.75 Å². The van der Waals surface area contributed by atoms with E-state index in [0.717, 1.165) is 18.6 Å². The quantitative estimate of drug-likeness (QED) is 0.826. The molecule has 0 bridgehead atoms. The number of hydrogen-bond donors (Lipinski definition) is 1. The van der Waals surface area contributed by atoms with Crippen molar-refractivity contribution in [3.05, 3.63) is 30.1 Å². The number of nitrogens with two attached hydrogens (primary N) is 1. The highest BCUT2D eigenvalue weighted by molar-refractivity contribution is 5.22. The van der Waals surface area contributed by atoms with Crippen LogP contribution in [0.3, 0.4) is 0 Å². The molecule has 2 rings (SSSR count). The van der Waals surface area contributed by atoms with Crippen molar-refractivity contribution in [3.63, 3.8) is 0 Å². The van der Waals surface area contributed by atoms with Gasteiger partial charge in [-0.05, 0) is 37.1 Å². The summed E-state index contributed by atoms with van der Waals surface area (Å²) < 4.78 is 18.2. The SMILES string of the molecule is NCC1(COc2ccc(F)cc2)CCC1. The van der Waals surface area contributed by atoms with Crippen LogP contribution in [0.4, 0.5) is 4.39 Å². The maximum atomic E-state index is 12.6. The summed E-state index contributed by atoms with van der Waals surface area (Å²) in [4.78, 5) is 0. The van der Waals surface area contributed by atoms with Crippen LogP contribution in [0.2, 0.25) is 0 Å². The molecule has 0 aromatic heterocycles. The van der Waals surface area contributed by atoms with Gasteiger partial charge in [-0.2, -0.15) is 0 Å². The minimum absolute atomic E-state index is 0.175. The summed E-state index contributed by atoms with van der Waals surface area (Å²) in [6.07, 6.45) is 3.53. The van der Waals surface area contributed by atoms with Crippen molar-refractivity contribution in [1.29, 1.82) is 0 Å². The molecule has 1 fully saturated rings. The van der Waals surface area contributed by atoms with Crippen molar-refractivity contribution < 1.29 is 9.13 Å². The van der Waals surface area contributed by atoms with Crippen molar-refractivity contribution in [2.75, 3.05) is 13.2 Å². The first-order valence-electron chi connectivity index (χ1n) is 5.33. The standard InChI is InChI=1S/C12H16FNO/c13-10-2-4-11(5-3-10)15-9-12(8-14)6-1-7-12/h2-5H,1,6-9,14H2. The second-order valence-electron chi connectivity index (χ2n) is 4.30. The summed E-state index contributed by atoms with van der Waals surface area (Å²) in [7, 11) is 0. The predicted molar refractivity (Wildman–Crippen MR) is 57.2 cm³/mol. The molecule has 2 nitrogen and oxygen atoms in total. The van der Waals surface area contributed by atoms with Gasteiger partial charge >= 0.3 is 0 Å². The normalized spacial score (nSPS) is 18.3. The summed E-state index contributed by atoms with van der Waals surface area (Å²) in [6.45, 7) is 1.32. The van der Waals surface area contributed by atoms with Crippen LogP contribution >= 0.6 is 0 Å². The fraction of sp³-hybridized carbons (Fsp3) is 0.500. The summed E-state index contributed by atoms with van der Waals surface area (Å²) in [6, 6.07) is 6.12. The maximum absolute atomic E-state index is 12.6. The molecule has 1 aliphatic carbocycles. The average Bonchev–Trinajstić information content (AvgIpc) is 2.20. The second kappa shape index (κ2) is 4.19. The average molecular weight is 209 g/mol. The fourth-order valence-electron chi connectivity index (χ4n) is 1.85. The molecular formula is C12H16FNO. The lowest BCUT2D eigenvalue weighted by atomic mass is 9.69. The largest absolute Gasteiger partial charge is 0.493 e.